The maximum atomic E-state index is 10.8. The van der Waals surface area contributed by atoms with Crippen molar-refractivity contribution >= 4 is 10.8 Å². The Balaban J connectivity index is 2.28. The molecule has 104 valence electrons. The first-order valence-electron chi connectivity index (χ1n) is 5.94. The number of nitrogens with zero attached hydrogens (tertiary/aromatic N) is 1. The number of hydrogen-bond donors (Lipinski definition) is 2. The van der Waals surface area contributed by atoms with Gasteiger partial charge in [-0.05, 0) is 12.1 Å². The second-order valence-corrected chi connectivity index (χ2v) is 5.61. The van der Waals surface area contributed by atoms with Crippen molar-refractivity contribution < 1.29 is 14.1 Å². The minimum Gasteiger partial charge on any atom is -0.489 e. The first-order valence-corrected chi connectivity index (χ1v) is 7.67. The molecule has 0 heterocycles. The molecule has 2 atom stereocenters. The van der Waals surface area contributed by atoms with Gasteiger partial charge in [0.25, 0.3) is 0 Å². The van der Waals surface area contributed by atoms with Crippen molar-refractivity contribution in [3.8, 4) is 11.8 Å². The molecular weight excluding hydrogens is 264 g/mol. The zero-order valence-electron chi connectivity index (χ0n) is 10.8. The van der Waals surface area contributed by atoms with Crippen molar-refractivity contribution in [3.05, 3.63) is 29.8 Å². The molecule has 0 saturated heterocycles. The van der Waals surface area contributed by atoms with Crippen LogP contribution in [0, 0.1) is 11.3 Å². The maximum absolute atomic E-state index is 10.8. The van der Waals surface area contributed by atoms with Gasteiger partial charge in [0.2, 0.25) is 0 Å². The van der Waals surface area contributed by atoms with Crippen LogP contribution in [0.4, 0.5) is 0 Å². The van der Waals surface area contributed by atoms with Gasteiger partial charge in [0.15, 0.2) is 0 Å². The standard InChI is InChI=1S/C13H18N2O3S/c1-19(17)7-6-15-9-12(16)10-18-13-5-3-2-4-11(13)8-14/h2-5,12,15-16H,6-7,9-10H2,1H3. The molecule has 1 rings (SSSR count). The van der Waals surface area contributed by atoms with Gasteiger partial charge in [-0.1, -0.05) is 12.1 Å². The van der Waals surface area contributed by atoms with E-state index in [-0.39, 0.29) is 6.61 Å². The number of benzene rings is 1. The second-order valence-electron chi connectivity index (χ2n) is 4.05. The first kappa shape index (κ1) is 15.6. The summed E-state index contributed by atoms with van der Waals surface area (Å²) >= 11 is 0. The van der Waals surface area contributed by atoms with E-state index in [1.54, 1.807) is 30.5 Å². The van der Waals surface area contributed by atoms with Crippen LogP contribution in [0.15, 0.2) is 24.3 Å². The van der Waals surface area contributed by atoms with E-state index in [0.717, 1.165) is 0 Å². The third-order valence-corrected chi connectivity index (χ3v) is 3.16. The van der Waals surface area contributed by atoms with Crippen molar-refractivity contribution in [3.63, 3.8) is 0 Å². The molecule has 1 aromatic carbocycles. The summed E-state index contributed by atoms with van der Waals surface area (Å²) in [7, 11) is -0.830. The summed E-state index contributed by atoms with van der Waals surface area (Å²) in [6, 6.07) is 8.92. The van der Waals surface area contributed by atoms with Crippen LogP contribution in [0.3, 0.4) is 0 Å². The monoisotopic (exact) mass is 282 g/mol. The molecule has 0 spiro atoms. The molecule has 0 aromatic heterocycles. The van der Waals surface area contributed by atoms with E-state index in [1.807, 2.05) is 6.07 Å². The lowest BCUT2D eigenvalue weighted by Gasteiger charge is -2.13. The van der Waals surface area contributed by atoms with Gasteiger partial charge in [-0.2, -0.15) is 5.26 Å². The SMILES string of the molecule is CS(=O)CCNCC(O)COc1ccccc1C#N. The van der Waals surface area contributed by atoms with Gasteiger partial charge in [0.1, 0.15) is 24.5 Å². The molecule has 0 bridgehead atoms. The summed E-state index contributed by atoms with van der Waals surface area (Å²) in [4.78, 5) is 0. The van der Waals surface area contributed by atoms with Crippen molar-refractivity contribution in [1.29, 1.82) is 5.26 Å². The molecule has 0 amide bonds. The number of para-hydroxylation sites is 1. The lowest BCUT2D eigenvalue weighted by Crippen LogP contribution is -2.33. The number of nitriles is 1. The highest BCUT2D eigenvalue weighted by Crippen LogP contribution is 2.16. The number of aliphatic hydroxyl groups excluding tert-OH is 1. The van der Waals surface area contributed by atoms with E-state index in [0.29, 0.717) is 30.2 Å². The molecule has 2 unspecified atom stereocenters. The molecule has 5 nitrogen and oxygen atoms in total. The fraction of sp³-hybridized carbons (Fsp3) is 0.462. The lowest BCUT2D eigenvalue weighted by molar-refractivity contribution is 0.107. The molecule has 2 N–H and O–H groups in total. The second kappa shape index (κ2) is 8.64. The van der Waals surface area contributed by atoms with Crippen LogP contribution in [0.2, 0.25) is 0 Å². The van der Waals surface area contributed by atoms with E-state index in [1.165, 1.54) is 0 Å². The molecule has 0 aliphatic carbocycles. The van der Waals surface area contributed by atoms with E-state index < -0.39 is 16.9 Å². The summed E-state index contributed by atoms with van der Waals surface area (Å²) in [5.74, 6) is 1.03. The number of hydrogen-bond acceptors (Lipinski definition) is 5. The third-order valence-electron chi connectivity index (χ3n) is 2.38. The minimum atomic E-state index is -0.830. The number of aliphatic hydroxyl groups is 1. The van der Waals surface area contributed by atoms with Gasteiger partial charge < -0.3 is 15.2 Å². The zero-order valence-corrected chi connectivity index (χ0v) is 11.7. The van der Waals surface area contributed by atoms with Crippen LogP contribution < -0.4 is 10.1 Å². The maximum Gasteiger partial charge on any atom is 0.137 e. The summed E-state index contributed by atoms with van der Waals surface area (Å²) in [6.45, 7) is 1.07. The summed E-state index contributed by atoms with van der Waals surface area (Å²) in [6.07, 6.45) is 0.970. The largest absolute Gasteiger partial charge is 0.489 e. The summed E-state index contributed by atoms with van der Waals surface area (Å²) in [5, 5.41) is 21.6. The van der Waals surface area contributed by atoms with E-state index in [9.17, 15) is 9.32 Å². The van der Waals surface area contributed by atoms with Crippen LogP contribution in [-0.2, 0) is 10.8 Å². The van der Waals surface area contributed by atoms with Gasteiger partial charge in [-0.15, -0.1) is 0 Å². The zero-order chi connectivity index (χ0) is 14.1. The Kier molecular flexibility index (Phi) is 7.11. The van der Waals surface area contributed by atoms with Crippen LogP contribution in [0.1, 0.15) is 5.56 Å². The number of rotatable bonds is 8. The van der Waals surface area contributed by atoms with Crippen molar-refractivity contribution in [2.75, 3.05) is 31.7 Å². The number of nitrogens with one attached hydrogen (secondary N) is 1. The van der Waals surface area contributed by atoms with Crippen molar-refractivity contribution in [2.24, 2.45) is 0 Å². The molecule has 0 radical (unpaired) electrons. The highest BCUT2D eigenvalue weighted by atomic mass is 32.2. The molecule has 0 saturated carbocycles. The fourth-order valence-electron chi connectivity index (χ4n) is 1.41. The minimum absolute atomic E-state index is 0.112. The van der Waals surface area contributed by atoms with E-state index in [4.69, 9.17) is 10.00 Å². The smallest absolute Gasteiger partial charge is 0.137 e. The fourth-order valence-corrected chi connectivity index (χ4v) is 1.85. The van der Waals surface area contributed by atoms with Gasteiger partial charge in [0.05, 0.1) is 5.56 Å². The van der Waals surface area contributed by atoms with Gasteiger partial charge in [-0.25, -0.2) is 0 Å². The van der Waals surface area contributed by atoms with E-state index in [2.05, 4.69) is 5.32 Å². The molecule has 19 heavy (non-hydrogen) atoms. The van der Waals surface area contributed by atoms with Crippen LogP contribution in [0.5, 0.6) is 5.75 Å². The molecular formula is C13H18N2O3S. The van der Waals surface area contributed by atoms with Crippen LogP contribution >= 0.6 is 0 Å². The molecule has 1 aromatic rings. The highest BCUT2D eigenvalue weighted by molar-refractivity contribution is 7.84. The molecule has 0 aliphatic heterocycles. The molecule has 0 fully saturated rings. The Morgan fingerprint density at radius 1 is 1.53 bits per heavy atom. The predicted octanol–water partition coefficient (Wildman–Crippen LogP) is 0.266. The Labute approximate surface area is 115 Å². The highest BCUT2D eigenvalue weighted by Gasteiger charge is 2.07. The Bertz CT molecular complexity index is 459. The summed E-state index contributed by atoms with van der Waals surface area (Å²) < 4.78 is 16.2. The topological polar surface area (TPSA) is 82.3 Å². The van der Waals surface area contributed by atoms with Crippen molar-refractivity contribution in [2.45, 2.75) is 6.10 Å². The average Bonchev–Trinajstić information content (AvgIpc) is 2.41. The van der Waals surface area contributed by atoms with Gasteiger partial charge >= 0.3 is 0 Å². The third kappa shape index (κ3) is 6.34. The quantitative estimate of drug-likeness (QED) is 0.669. The normalized spacial score (nSPS) is 13.5. The van der Waals surface area contributed by atoms with Gasteiger partial charge in [0, 0.05) is 35.9 Å². The average molecular weight is 282 g/mol. The molecule has 6 heteroatoms. The number of ether oxygens (including phenoxy) is 1. The summed E-state index contributed by atoms with van der Waals surface area (Å²) in [5.41, 5.74) is 0.448. The van der Waals surface area contributed by atoms with Gasteiger partial charge in [-0.3, -0.25) is 4.21 Å². The van der Waals surface area contributed by atoms with E-state index >= 15 is 0 Å². The first-order chi connectivity index (χ1) is 9.13. The molecule has 0 aliphatic rings. The lowest BCUT2D eigenvalue weighted by atomic mass is 10.2. The predicted molar refractivity (Wildman–Crippen MR) is 74.5 cm³/mol. The van der Waals surface area contributed by atoms with Crippen LogP contribution in [-0.4, -0.2) is 47.1 Å². The Morgan fingerprint density at radius 3 is 2.95 bits per heavy atom. The Hall–Kier alpha value is -1.42. The Morgan fingerprint density at radius 2 is 2.26 bits per heavy atom. The van der Waals surface area contributed by atoms with Crippen molar-refractivity contribution in [1.82, 2.24) is 5.32 Å². The van der Waals surface area contributed by atoms with Crippen LogP contribution in [0.25, 0.3) is 0 Å².